The summed E-state index contributed by atoms with van der Waals surface area (Å²) in [5.74, 6) is 0.586. The minimum atomic E-state index is 0.0780. The lowest BCUT2D eigenvalue weighted by Gasteiger charge is -2.25. The van der Waals surface area contributed by atoms with Crippen LogP contribution < -0.4 is 5.32 Å². The Bertz CT molecular complexity index is 360. The van der Waals surface area contributed by atoms with E-state index in [1.807, 2.05) is 24.3 Å². The van der Waals surface area contributed by atoms with Gasteiger partial charge < -0.3 is 10.1 Å². The van der Waals surface area contributed by atoms with Gasteiger partial charge in [0.25, 0.3) is 0 Å². The highest BCUT2D eigenvalue weighted by molar-refractivity contribution is 9.10. The smallest absolute Gasteiger partial charge is 0.224 e. The third-order valence-corrected chi connectivity index (χ3v) is 3.10. The van der Waals surface area contributed by atoms with Crippen LogP contribution in [0, 0.1) is 5.92 Å². The van der Waals surface area contributed by atoms with Gasteiger partial charge in [-0.15, -0.1) is 0 Å². The number of carbonyl (C=O) groups excluding carboxylic acids is 1. The first kappa shape index (κ1) is 11.6. The summed E-state index contributed by atoms with van der Waals surface area (Å²) in [6.45, 7) is 2.28. The van der Waals surface area contributed by atoms with Crippen LogP contribution in [0.4, 0.5) is 0 Å². The van der Waals surface area contributed by atoms with Gasteiger partial charge in [-0.25, -0.2) is 0 Å². The SMILES string of the molecule is O=C(Cc1ccc(Br)cc1)NCC1COC1. The maximum absolute atomic E-state index is 11.6. The maximum atomic E-state index is 11.6. The molecule has 1 aromatic carbocycles. The molecule has 0 atom stereocenters. The fraction of sp³-hybridized carbons (Fsp3) is 0.417. The molecule has 1 saturated heterocycles. The number of nitrogens with one attached hydrogen (secondary N) is 1. The van der Waals surface area contributed by atoms with E-state index in [-0.39, 0.29) is 5.91 Å². The zero-order chi connectivity index (χ0) is 11.4. The maximum Gasteiger partial charge on any atom is 0.224 e. The number of rotatable bonds is 4. The first-order valence-electron chi connectivity index (χ1n) is 5.33. The van der Waals surface area contributed by atoms with Gasteiger partial charge in [0.15, 0.2) is 0 Å². The third-order valence-electron chi connectivity index (χ3n) is 2.57. The molecular weight excluding hydrogens is 270 g/mol. The van der Waals surface area contributed by atoms with Gasteiger partial charge in [-0.05, 0) is 17.7 Å². The summed E-state index contributed by atoms with van der Waals surface area (Å²) in [6.07, 6.45) is 0.445. The van der Waals surface area contributed by atoms with Crippen molar-refractivity contribution in [3.05, 3.63) is 34.3 Å². The molecule has 3 nitrogen and oxygen atoms in total. The van der Waals surface area contributed by atoms with Gasteiger partial charge in [0.2, 0.25) is 5.91 Å². The van der Waals surface area contributed by atoms with Gasteiger partial charge in [-0.3, -0.25) is 4.79 Å². The van der Waals surface area contributed by atoms with Gasteiger partial charge in [-0.2, -0.15) is 0 Å². The van der Waals surface area contributed by atoms with Gasteiger partial charge in [0, 0.05) is 16.9 Å². The summed E-state index contributed by atoms with van der Waals surface area (Å²) >= 11 is 3.36. The molecule has 0 bridgehead atoms. The monoisotopic (exact) mass is 283 g/mol. The Kier molecular flexibility index (Phi) is 3.96. The van der Waals surface area contributed by atoms with Crippen LogP contribution >= 0.6 is 15.9 Å². The molecule has 1 N–H and O–H groups in total. The van der Waals surface area contributed by atoms with E-state index in [2.05, 4.69) is 21.2 Å². The van der Waals surface area contributed by atoms with E-state index in [0.717, 1.165) is 29.8 Å². The first-order chi connectivity index (χ1) is 7.74. The highest BCUT2D eigenvalue weighted by Gasteiger charge is 2.18. The van der Waals surface area contributed by atoms with Crippen LogP contribution in [0.25, 0.3) is 0 Å². The van der Waals surface area contributed by atoms with E-state index in [9.17, 15) is 4.79 Å². The number of benzene rings is 1. The quantitative estimate of drug-likeness (QED) is 0.915. The average molecular weight is 284 g/mol. The van der Waals surface area contributed by atoms with Crippen molar-refractivity contribution in [1.82, 2.24) is 5.32 Å². The molecule has 1 amide bonds. The summed E-state index contributed by atoms with van der Waals surface area (Å²) < 4.78 is 6.07. The van der Waals surface area contributed by atoms with Crippen molar-refractivity contribution in [2.75, 3.05) is 19.8 Å². The molecule has 0 radical (unpaired) electrons. The van der Waals surface area contributed by atoms with Crippen LogP contribution in [-0.2, 0) is 16.0 Å². The summed E-state index contributed by atoms with van der Waals surface area (Å²) in [5.41, 5.74) is 1.03. The zero-order valence-corrected chi connectivity index (χ0v) is 10.5. The highest BCUT2D eigenvalue weighted by Crippen LogP contribution is 2.11. The minimum absolute atomic E-state index is 0.0780. The topological polar surface area (TPSA) is 38.3 Å². The molecule has 1 fully saturated rings. The van der Waals surface area contributed by atoms with E-state index in [1.54, 1.807) is 0 Å². The Balaban J connectivity index is 1.75. The second-order valence-corrected chi connectivity index (χ2v) is 4.93. The fourth-order valence-electron chi connectivity index (χ4n) is 1.51. The van der Waals surface area contributed by atoms with Gasteiger partial charge >= 0.3 is 0 Å². The molecule has 0 unspecified atom stereocenters. The average Bonchev–Trinajstić information content (AvgIpc) is 2.19. The van der Waals surface area contributed by atoms with E-state index in [4.69, 9.17) is 4.74 Å². The molecule has 16 heavy (non-hydrogen) atoms. The molecule has 1 aromatic rings. The Labute approximate surface area is 103 Å². The van der Waals surface area contributed by atoms with Crippen molar-refractivity contribution in [1.29, 1.82) is 0 Å². The van der Waals surface area contributed by atoms with Crippen LogP contribution in [0.2, 0.25) is 0 Å². The predicted molar refractivity (Wildman–Crippen MR) is 65.2 cm³/mol. The number of amides is 1. The largest absolute Gasteiger partial charge is 0.381 e. The number of carbonyl (C=O) groups is 1. The van der Waals surface area contributed by atoms with Crippen LogP contribution in [0.3, 0.4) is 0 Å². The van der Waals surface area contributed by atoms with Crippen LogP contribution in [-0.4, -0.2) is 25.7 Å². The molecule has 0 saturated carbocycles. The van der Waals surface area contributed by atoms with E-state index < -0.39 is 0 Å². The van der Waals surface area contributed by atoms with Gasteiger partial charge in [-0.1, -0.05) is 28.1 Å². The summed E-state index contributed by atoms with van der Waals surface area (Å²) in [4.78, 5) is 11.6. The van der Waals surface area contributed by atoms with Crippen molar-refractivity contribution in [2.24, 2.45) is 5.92 Å². The summed E-state index contributed by atoms with van der Waals surface area (Å²) in [6, 6.07) is 7.80. The number of halogens is 1. The number of hydrogen-bond donors (Lipinski definition) is 1. The second-order valence-electron chi connectivity index (χ2n) is 4.01. The molecule has 4 heteroatoms. The minimum Gasteiger partial charge on any atom is -0.381 e. The predicted octanol–water partition coefficient (Wildman–Crippen LogP) is 1.75. The van der Waals surface area contributed by atoms with Crippen molar-refractivity contribution >= 4 is 21.8 Å². The standard InChI is InChI=1S/C12H14BrNO2/c13-11-3-1-9(2-4-11)5-12(15)14-6-10-7-16-8-10/h1-4,10H,5-8H2,(H,14,15). The van der Waals surface area contributed by atoms with E-state index in [0.29, 0.717) is 12.3 Å². The van der Waals surface area contributed by atoms with Crippen molar-refractivity contribution in [3.8, 4) is 0 Å². The summed E-state index contributed by atoms with van der Waals surface area (Å²) in [5, 5.41) is 2.92. The summed E-state index contributed by atoms with van der Waals surface area (Å²) in [7, 11) is 0. The van der Waals surface area contributed by atoms with Crippen molar-refractivity contribution < 1.29 is 9.53 Å². The lowest BCUT2D eigenvalue weighted by molar-refractivity contribution is -0.121. The molecule has 0 aromatic heterocycles. The lowest BCUT2D eigenvalue weighted by atomic mass is 10.1. The Morgan fingerprint density at radius 2 is 2.06 bits per heavy atom. The molecule has 1 aliphatic rings. The molecule has 1 heterocycles. The Hall–Kier alpha value is -0.870. The molecule has 86 valence electrons. The fourth-order valence-corrected chi connectivity index (χ4v) is 1.78. The van der Waals surface area contributed by atoms with E-state index in [1.165, 1.54) is 0 Å². The lowest BCUT2D eigenvalue weighted by Crippen LogP contribution is -2.39. The van der Waals surface area contributed by atoms with Crippen LogP contribution in [0.5, 0.6) is 0 Å². The zero-order valence-electron chi connectivity index (χ0n) is 8.91. The van der Waals surface area contributed by atoms with Crippen molar-refractivity contribution in [3.63, 3.8) is 0 Å². The van der Waals surface area contributed by atoms with Crippen molar-refractivity contribution in [2.45, 2.75) is 6.42 Å². The molecule has 1 aliphatic heterocycles. The molecule has 0 spiro atoms. The number of ether oxygens (including phenoxy) is 1. The van der Waals surface area contributed by atoms with E-state index >= 15 is 0 Å². The third kappa shape index (κ3) is 3.32. The highest BCUT2D eigenvalue weighted by atomic mass is 79.9. The molecular formula is C12H14BrNO2. The van der Waals surface area contributed by atoms with Crippen LogP contribution in [0.1, 0.15) is 5.56 Å². The van der Waals surface area contributed by atoms with Gasteiger partial charge in [0.1, 0.15) is 0 Å². The Morgan fingerprint density at radius 3 is 2.62 bits per heavy atom. The Morgan fingerprint density at radius 1 is 1.38 bits per heavy atom. The second kappa shape index (κ2) is 5.46. The van der Waals surface area contributed by atoms with Gasteiger partial charge in [0.05, 0.1) is 19.6 Å². The molecule has 2 rings (SSSR count). The molecule has 0 aliphatic carbocycles. The normalized spacial score (nSPS) is 15.6. The van der Waals surface area contributed by atoms with Crippen LogP contribution in [0.15, 0.2) is 28.7 Å². The number of hydrogen-bond acceptors (Lipinski definition) is 2. The first-order valence-corrected chi connectivity index (χ1v) is 6.12.